The quantitative estimate of drug-likeness (QED) is 0.750. The van der Waals surface area contributed by atoms with Crippen molar-refractivity contribution in [1.29, 1.82) is 0 Å². The van der Waals surface area contributed by atoms with E-state index in [1.54, 1.807) is 12.1 Å². The van der Waals surface area contributed by atoms with Gasteiger partial charge in [0.1, 0.15) is 0 Å². The Hall–Kier alpha value is -2.45. The Bertz CT molecular complexity index is 956. The number of hydrogen-bond donors (Lipinski definition) is 2. The first-order valence-corrected chi connectivity index (χ1v) is 10.6. The molecule has 0 spiro atoms. The fourth-order valence-electron chi connectivity index (χ4n) is 2.97. The van der Waals surface area contributed by atoms with Crippen LogP contribution in [0, 0.1) is 0 Å². The van der Waals surface area contributed by atoms with Crippen LogP contribution < -0.4 is 14.9 Å². The maximum Gasteiger partial charge on any atom is 0.264 e. The summed E-state index contributed by atoms with van der Waals surface area (Å²) in [5, 5.41) is 5.66. The Labute approximate surface area is 164 Å². The lowest BCUT2D eigenvalue weighted by molar-refractivity contribution is -0.119. The van der Waals surface area contributed by atoms with Gasteiger partial charge in [0.15, 0.2) is 5.11 Å². The topological polar surface area (TPSA) is 78.5 Å². The minimum absolute atomic E-state index is 0.151. The van der Waals surface area contributed by atoms with E-state index in [2.05, 4.69) is 10.6 Å². The predicted molar refractivity (Wildman–Crippen MR) is 110 cm³/mol. The third-order valence-corrected chi connectivity index (χ3v) is 6.31. The molecule has 0 fully saturated rings. The second-order valence-electron chi connectivity index (χ2n) is 6.23. The van der Waals surface area contributed by atoms with Crippen LogP contribution in [-0.2, 0) is 21.2 Å². The lowest BCUT2D eigenvalue weighted by Crippen LogP contribution is -2.33. The SMILES string of the molecule is CCCC(=O)NC(=S)Nc1ccc(S(=O)(=O)N2CCc3ccccc32)cc1. The molecule has 0 saturated heterocycles. The maximum absolute atomic E-state index is 13.0. The summed E-state index contributed by atoms with van der Waals surface area (Å²) in [6, 6.07) is 13.9. The molecule has 8 heteroatoms. The highest BCUT2D eigenvalue weighted by molar-refractivity contribution is 7.92. The largest absolute Gasteiger partial charge is 0.332 e. The minimum Gasteiger partial charge on any atom is -0.332 e. The van der Waals surface area contributed by atoms with Gasteiger partial charge in [-0.3, -0.25) is 9.10 Å². The van der Waals surface area contributed by atoms with Crippen LogP contribution in [0.15, 0.2) is 53.4 Å². The second kappa shape index (κ2) is 8.06. The monoisotopic (exact) mass is 403 g/mol. The minimum atomic E-state index is -3.62. The van der Waals surface area contributed by atoms with E-state index in [4.69, 9.17) is 12.2 Å². The van der Waals surface area contributed by atoms with Crippen molar-refractivity contribution in [2.75, 3.05) is 16.2 Å². The average Bonchev–Trinajstić information content (AvgIpc) is 3.07. The Morgan fingerprint density at radius 3 is 2.56 bits per heavy atom. The summed E-state index contributed by atoms with van der Waals surface area (Å²) in [7, 11) is -3.62. The molecule has 0 saturated carbocycles. The van der Waals surface area contributed by atoms with Crippen LogP contribution in [0.1, 0.15) is 25.3 Å². The number of fused-ring (bicyclic) bond motifs is 1. The van der Waals surface area contributed by atoms with Gasteiger partial charge in [0.2, 0.25) is 5.91 Å². The highest BCUT2D eigenvalue weighted by Crippen LogP contribution is 2.32. The van der Waals surface area contributed by atoms with E-state index in [9.17, 15) is 13.2 Å². The number of carbonyl (C=O) groups excluding carboxylic acids is 1. The number of nitrogens with zero attached hydrogens (tertiary/aromatic N) is 1. The van der Waals surface area contributed by atoms with E-state index in [-0.39, 0.29) is 15.9 Å². The summed E-state index contributed by atoms with van der Waals surface area (Å²) in [6.45, 7) is 2.35. The highest BCUT2D eigenvalue weighted by Gasteiger charge is 2.30. The smallest absolute Gasteiger partial charge is 0.264 e. The van der Waals surface area contributed by atoms with Crippen LogP contribution in [0.25, 0.3) is 0 Å². The molecule has 0 radical (unpaired) electrons. The van der Waals surface area contributed by atoms with Crippen molar-refractivity contribution in [2.24, 2.45) is 0 Å². The van der Waals surface area contributed by atoms with Crippen molar-refractivity contribution < 1.29 is 13.2 Å². The number of sulfonamides is 1. The molecule has 2 aromatic rings. The molecule has 1 amide bonds. The van der Waals surface area contributed by atoms with Crippen LogP contribution in [-0.4, -0.2) is 26.0 Å². The number of para-hydroxylation sites is 1. The van der Waals surface area contributed by atoms with Gasteiger partial charge < -0.3 is 10.6 Å². The van der Waals surface area contributed by atoms with Crippen molar-refractivity contribution in [2.45, 2.75) is 31.1 Å². The molecule has 1 aliphatic heterocycles. The van der Waals surface area contributed by atoms with Crippen LogP contribution in [0.3, 0.4) is 0 Å². The molecule has 3 rings (SSSR count). The van der Waals surface area contributed by atoms with Crippen LogP contribution in [0.2, 0.25) is 0 Å². The Kier molecular flexibility index (Phi) is 5.76. The number of rotatable bonds is 5. The Morgan fingerprint density at radius 1 is 1.15 bits per heavy atom. The molecule has 142 valence electrons. The van der Waals surface area contributed by atoms with Crippen molar-refractivity contribution in [3.8, 4) is 0 Å². The lowest BCUT2D eigenvalue weighted by atomic mass is 10.2. The van der Waals surface area contributed by atoms with Gasteiger partial charge >= 0.3 is 0 Å². The molecule has 0 aromatic heterocycles. The normalized spacial score (nSPS) is 13.1. The van der Waals surface area contributed by atoms with Gasteiger partial charge in [0.25, 0.3) is 10.0 Å². The number of thiocarbonyl (C=S) groups is 1. The first-order chi connectivity index (χ1) is 12.9. The number of benzene rings is 2. The average molecular weight is 404 g/mol. The van der Waals surface area contributed by atoms with Crippen LogP contribution in [0.4, 0.5) is 11.4 Å². The fraction of sp³-hybridized carbons (Fsp3) is 0.263. The van der Waals surface area contributed by atoms with E-state index in [0.717, 1.165) is 17.7 Å². The van der Waals surface area contributed by atoms with E-state index < -0.39 is 10.0 Å². The van der Waals surface area contributed by atoms with Gasteiger partial charge in [-0.1, -0.05) is 25.1 Å². The lowest BCUT2D eigenvalue weighted by Gasteiger charge is -2.19. The molecule has 1 heterocycles. The molecule has 0 aliphatic carbocycles. The number of amides is 1. The van der Waals surface area contributed by atoms with Crippen LogP contribution >= 0.6 is 12.2 Å². The van der Waals surface area contributed by atoms with Gasteiger partial charge in [-0.2, -0.15) is 0 Å². The van der Waals surface area contributed by atoms with Crippen molar-refractivity contribution >= 4 is 44.6 Å². The summed E-state index contributed by atoms with van der Waals surface area (Å²) in [5.74, 6) is -0.151. The third kappa shape index (κ3) is 4.28. The maximum atomic E-state index is 13.0. The molecule has 0 atom stereocenters. The Balaban J connectivity index is 1.72. The van der Waals surface area contributed by atoms with Crippen molar-refractivity contribution in [1.82, 2.24) is 5.32 Å². The molecule has 2 N–H and O–H groups in total. The zero-order valence-corrected chi connectivity index (χ0v) is 16.6. The van der Waals surface area contributed by atoms with Gasteiger partial charge in [0.05, 0.1) is 10.6 Å². The summed E-state index contributed by atoms with van der Waals surface area (Å²) >= 11 is 5.09. The van der Waals surface area contributed by atoms with E-state index in [1.165, 1.54) is 16.4 Å². The first kappa shape index (κ1) is 19.3. The zero-order chi connectivity index (χ0) is 19.4. The standard InChI is InChI=1S/C19H21N3O3S2/c1-2-5-18(23)21-19(26)20-15-8-10-16(11-9-15)27(24,25)22-13-12-14-6-3-4-7-17(14)22/h3-4,6-11H,2,5,12-13H2,1H3,(H2,20,21,23,26). The third-order valence-electron chi connectivity index (χ3n) is 4.27. The molecule has 0 unspecified atom stereocenters. The second-order valence-corrected chi connectivity index (χ2v) is 8.50. The Morgan fingerprint density at radius 2 is 1.85 bits per heavy atom. The zero-order valence-electron chi connectivity index (χ0n) is 14.9. The number of anilines is 2. The molecule has 27 heavy (non-hydrogen) atoms. The van der Waals surface area contributed by atoms with Crippen molar-refractivity contribution in [3.05, 3.63) is 54.1 Å². The molecule has 2 aromatic carbocycles. The first-order valence-electron chi connectivity index (χ1n) is 8.73. The highest BCUT2D eigenvalue weighted by atomic mass is 32.2. The van der Waals surface area contributed by atoms with Crippen LogP contribution in [0.5, 0.6) is 0 Å². The number of nitrogens with one attached hydrogen (secondary N) is 2. The molecular weight excluding hydrogens is 382 g/mol. The summed E-state index contributed by atoms with van der Waals surface area (Å²) in [4.78, 5) is 11.8. The van der Waals surface area contributed by atoms with Crippen molar-refractivity contribution in [3.63, 3.8) is 0 Å². The van der Waals surface area contributed by atoms with E-state index >= 15 is 0 Å². The molecule has 6 nitrogen and oxygen atoms in total. The molecule has 1 aliphatic rings. The summed E-state index contributed by atoms with van der Waals surface area (Å²) < 4.78 is 27.4. The van der Waals surface area contributed by atoms with E-state index in [0.29, 0.717) is 25.1 Å². The molecular formula is C19H21N3O3S2. The number of carbonyl (C=O) groups is 1. The van der Waals surface area contributed by atoms with E-state index in [1.807, 2.05) is 31.2 Å². The fourth-order valence-corrected chi connectivity index (χ4v) is 4.71. The van der Waals surface area contributed by atoms with Gasteiger partial charge in [-0.05, 0) is 61.0 Å². The molecule has 0 bridgehead atoms. The summed E-state index contributed by atoms with van der Waals surface area (Å²) in [6.07, 6.45) is 1.84. The number of hydrogen-bond acceptors (Lipinski definition) is 4. The predicted octanol–water partition coefficient (Wildman–Crippen LogP) is 3.05. The van der Waals surface area contributed by atoms with Gasteiger partial charge in [-0.25, -0.2) is 8.42 Å². The van der Waals surface area contributed by atoms with Gasteiger partial charge in [-0.15, -0.1) is 0 Å². The van der Waals surface area contributed by atoms with Gasteiger partial charge in [0, 0.05) is 18.7 Å². The summed E-state index contributed by atoms with van der Waals surface area (Å²) in [5.41, 5.74) is 2.38.